The highest BCUT2D eigenvalue weighted by Gasteiger charge is 2.40. The van der Waals surface area contributed by atoms with Crippen molar-refractivity contribution in [2.45, 2.75) is 23.8 Å². The molecule has 0 aromatic heterocycles. The second-order valence-electron chi connectivity index (χ2n) is 7.77. The monoisotopic (exact) mass is 379 g/mol. The zero-order valence-corrected chi connectivity index (χ0v) is 16.0. The van der Waals surface area contributed by atoms with Crippen LogP contribution >= 0.6 is 0 Å². The van der Waals surface area contributed by atoms with E-state index in [4.69, 9.17) is 4.74 Å². The summed E-state index contributed by atoms with van der Waals surface area (Å²) in [5.74, 6) is 1.43. The van der Waals surface area contributed by atoms with Gasteiger partial charge in [-0.3, -0.25) is 9.80 Å². The minimum atomic E-state index is -3.41. The SMILES string of the molecule is O=S(=O)(NC[C@@H]1C[C@H]2CCN1C[C@@H]2CN1CCOCC1)c1ccccc1. The Kier molecular flexibility index (Phi) is 5.61. The molecule has 26 heavy (non-hydrogen) atoms. The minimum absolute atomic E-state index is 0.327. The molecule has 1 unspecified atom stereocenters. The zero-order chi connectivity index (χ0) is 18.0. The summed E-state index contributed by atoms with van der Waals surface area (Å²) in [7, 11) is -3.41. The summed E-state index contributed by atoms with van der Waals surface area (Å²) in [6.45, 7) is 7.66. The molecule has 4 saturated heterocycles. The van der Waals surface area contributed by atoms with E-state index < -0.39 is 10.0 Å². The lowest BCUT2D eigenvalue weighted by Crippen LogP contribution is -2.58. The van der Waals surface area contributed by atoms with Gasteiger partial charge in [-0.1, -0.05) is 18.2 Å². The van der Waals surface area contributed by atoms with Crippen molar-refractivity contribution in [3.63, 3.8) is 0 Å². The van der Waals surface area contributed by atoms with Crippen molar-refractivity contribution in [2.24, 2.45) is 11.8 Å². The fraction of sp³-hybridized carbons (Fsp3) is 0.684. The molecule has 4 aliphatic heterocycles. The zero-order valence-electron chi connectivity index (χ0n) is 15.2. The second kappa shape index (κ2) is 7.94. The van der Waals surface area contributed by atoms with Crippen molar-refractivity contribution >= 4 is 10.0 Å². The maximum atomic E-state index is 12.5. The molecular formula is C19H29N3O3S. The van der Waals surface area contributed by atoms with E-state index in [9.17, 15) is 8.42 Å². The van der Waals surface area contributed by atoms with Gasteiger partial charge in [-0.05, 0) is 43.4 Å². The van der Waals surface area contributed by atoms with Crippen LogP contribution in [-0.2, 0) is 14.8 Å². The van der Waals surface area contributed by atoms with Crippen LogP contribution in [0.3, 0.4) is 0 Å². The van der Waals surface area contributed by atoms with Crippen LogP contribution in [0.5, 0.6) is 0 Å². The Balaban J connectivity index is 1.32. The summed E-state index contributed by atoms with van der Waals surface area (Å²) in [6, 6.07) is 8.97. The topological polar surface area (TPSA) is 61.9 Å². The van der Waals surface area contributed by atoms with Crippen LogP contribution in [0.4, 0.5) is 0 Å². The number of hydrogen-bond acceptors (Lipinski definition) is 5. The predicted molar refractivity (Wildman–Crippen MR) is 100 cm³/mol. The van der Waals surface area contributed by atoms with E-state index in [-0.39, 0.29) is 0 Å². The van der Waals surface area contributed by atoms with Gasteiger partial charge in [0.1, 0.15) is 0 Å². The highest BCUT2D eigenvalue weighted by Crippen LogP contribution is 2.36. The molecule has 0 radical (unpaired) electrons. The van der Waals surface area contributed by atoms with Crippen LogP contribution in [0, 0.1) is 11.8 Å². The van der Waals surface area contributed by atoms with Gasteiger partial charge in [-0.15, -0.1) is 0 Å². The molecule has 1 aromatic carbocycles. The number of fused-ring (bicyclic) bond motifs is 3. The van der Waals surface area contributed by atoms with Crippen LogP contribution in [-0.4, -0.2) is 76.7 Å². The molecule has 5 rings (SSSR count). The number of hydrogen-bond donors (Lipinski definition) is 1. The Labute approximate surface area is 156 Å². The average molecular weight is 380 g/mol. The number of ether oxygens (including phenoxy) is 1. The lowest BCUT2D eigenvalue weighted by molar-refractivity contribution is -0.0285. The van der Waals surface area contributed by atoms with E-state index in [1.54, 1.807) is 24.3 Å². The molecule has 4 atom stereocenters. The van der Waals surface area contributed by atoms with Crippen molar-refractivity contribution in [1.29, 1.82) is 0 Å². The Morgan fingerprint density at radius 3 is 2.58 bits per heavy atom. The third-order valence-electron chi connectivity index (χ3n) is 6.17. The fourth-order valence-corrected chi connectivity index (χ4v) is 5.77. The molecule has 144 valence electrons. The number of nitrogens with zero attached hydrogens (tertiary/aromatic N) is 2. The first-order valence-corrected chi connectivity index (χ1v) is 11.2. The average Bonchev–Trinajstić information content (AvgIpc) is 2.69. The number of morpholine rings is 1. The number of rotatable bonds is 6. The van der Waals surface area contributed by atoms with Gasteiger partial charge in [0.2, 0.25) is 10.0 Å². The summed E-state index contributed by atoms with van der Waals surface area (Å²) in [4.78, 5) is 5.38. The Bertz CT molecular complexity index is 691. The van der Waals surface area contributed by atoms with Gasteiger partial charge in [0.05, 0.1) is 18.1 Å². The Morgan fingerprint density at radius 1 is 1.12 bits per heavy atom. The van der Waals surface area contributed by atoms with Gasteiger partial charge in [-0.25, -0.2) is 13.1 Å². The summed E-state index contributed by atoms with van der Waals surface area (Å²) in [5.41, 5.74) is 0. The van der Waals surface area contributed by atoms with Crippen LogP contribution in [0.15, 0.2) is 35.2 Å². The highest BCUT2D eigenvalue weighted by molar-refractivity contribution is 7.89. The van der Waals surface area contributed by atoms with Crippen molar-refractivity contribution in [1.82, 2.24) is 14.5 Å². The Morgan fingerprint density at radius 2 is 1.88 bits per heavy atom. The van der Waals surface area contributed by atoms with Crippen LogP contribution in [0.25, 0.3) is 0 Å². The van der Waals surface area contributed by atoms with E-state index in [0.29, 0.717) is 29.3 Å². The van der Waals surface area contributed by atoms with E-state index in [2.05, 4.69) is 14.5 Å². The molecule has 0 spiro atoms. The van der Waals surface area contributed by atoms with Gasteiger partial charge in [0.15, 0.2) is 0 Å². The molecule has 2 bridgehead atoms. The van der Waals surface area contributed by atoms with Crippen molar-refractivity contribution < 1.29 is 13.2 Å². The predicted octanol–water partition coefficient (Wildman–Crippen LogP) is 1.01. The van der Waals surface area contributed by atoms with Crippen LogP contribution < -0.4 is 4.72 Å². The largest absolute Gasteiger partial charge is 0.379 e. The quantitative estimate of drug-likeness (QED) is 0.799. The van der Waals surface area contributed by atoms with Crippen molar-refractivity contribution in [2.75, 3.05) is 52.5 Å². The van der Waals surface area contributed by atoms with Crippen molar-refractivity contribution in [3.8, 4) is 0 Å². The molecule has 0 amide bonds. The summed E-state index contributed by atoms with van der Waals surface area (Å²) in [6.07, 6.45) is 2.35. The number of sulfonamides is 1. The number of nitrogens with one attached hydrogen (secondary N) is 1. The molecule has 0 aliphatic carbocycles. The standard InChI is InChI=1S/C19H29N3O3S/c23-26(24,19-4-2-1-3-5-19)20-13-18-12-16-6-7-22(18)15-17(16)14-21-8-10-25-11-9-21/h1-5,16-18,20H,6-15H2/t16-,17+,18+/m1/s1. The maximum Gasteiger partial charge on any atom is 0.240 e. The van der Waals surface area contributed by atoms with Gasteiger partial charge < -0.3 is 4.74 Å². The van der Waals surface area contributed by atoms with Gasteiger partial charge >= 0.3 is 0 Å². The smallest absolute Gasteiger partial charge is 0.240 e. The van der Waals surface area contributed by atoms with Crippen molar-refractivity contribution in [3.05, 3.63) is 30.3 Å². The van der Waals surface area contributed by atoms with Gasteiger partial charge in [0, 0.05) is 38.8 Å². The molecule has 1 N–H and O–H groups in total. The van der Waals surface area contributed by atoms with Crippen LogP contribution in [0.1, 0.15) is 12.8 Å². The third-order valence-corrected chi connectivity index (χ3v) is 7.61. The van der Waals surface area contributed by atoms with Crippen LogP contribution in [0.2, 0.25) is 0 Å². The van der Waals surface area contributed by atoms with Gasteiger partial charge in [-0.2, -0.15) is 0 Å². The first kappa shape index (κ1) is 18.4. The van der Waals surface area contributed by atoms with Gasteiger partial charge in [0.25, 0.3) is 0 Å². The molecule has 4 heterocycles. The maximum absolute atomic E-state index is 12.5. The third kappa shape index (κ3) is 4.12. The first-order chi connectivity index (χ1) is 12.6. The molecule has 6 nitrogen and oxygen atoms in total. The minimum Gasteiger partial charge on any atom is -0.379 e. The molecule has 7 heteroatoms. The lowest BCUT2D eigenvalue weighted by Gasteiger charge is -2.51. The fourth-order valence-electron chi connectivity index (χ4n) is 4.67. The Hall–Kier alpha value is -0.990. The normalized spacial score (nSPS) is 32.6. The number of piperidine rings is 3. The summed E-state index contributed by atoms with van der Waals surface area (Å²) in [5, 5.41) is 0. The summed E-state index contributed by atoms with van der Waals surface area (Å²) < 4.78 is 33.2. The molecule has 4 fully saturated rings. The lowest BCUT2D eigenvalue weighted by atomic mass is 9.75. The molecular weight excluding hydrogens is 350 g/mol. The molecule has 4 aliphatic rings. The van der Waals surface area contributed by atoms with E-state index in [1.807, 2.05) is 6.07 Å². The molecule has 1 aromatic rings. The van der Waals surface area contributed by atoms with E-state index in [0.717, 1.165) is 52.4 Å². The second-order valence-corrected chi connectivity index (χ2v) is 9.54. The summed E-state index contributed by atoms with van der Waals surface area (Å²) >= 11 is 0. The molecule has 0 saturated carbocycles. The number of benzene rings is 1. The first-order valence-electron chi connectivity index (χ1n) is 9.71. The van der Waals surface area contributed by atoms with E-state index in [1.165, 1.54) is 6.42 Å². The highest BCUT2D eigenvalue weighted by atomic mass is 32.2. The van der Waals surface area contributed by atoms with E-state index >= 15 is 0 Å².